The SMILES string of the molecule is CC(=O)N=C1C(=O)Nc2ccccc2C1O. The molecule has 1 aliphatic rings. The third-order valence-electron chi connectivity index (χ3n) is 2.27. The summed E-state index contributed by atoms with van der Waals surface area (Å²) in [6, 6.07) is 6.85. The normalized spacial score (nSPS) is 21.5. The van der Waals surface area contributed by atoms with Crippen molar-refractivity contribution >= 4 is 23.2 Å². The maximum Gasteiger partial charge on any atom is 0.273 e. The van der Waals surface area contributed by atoms with Gasteiger partial charge in [0.25, 0.3) is 5.91 Å². The number of rotatable bonds is 0. The molecule has 2 amide bonds. The number of hydrogen-bond donors (Lipinski definition) is 2. The van der Waals surface area contributed by atoms with Gasteiger partial charge >= 0.3 is 0 Å². The Morgan fingerprint density at radius 2 is 2.12 bits per heavy atom. The Balaban J connectivity index is 2.50. The molecule has 2 rings (SSSR count). The van der Waals surface area contributed by atoms with Crippen LogP contribution in [0.4, 0.5) is 5.69 Å². The summed E-state index contributed by atoms with van der Waals surface area (Å²) in [6.45, 7) is 1.23. The van der Waals surface area contributed by atoms with Crippen molar-refractivity contribution in [1.82, 2.24) is 0 Å². The third kappa shape index (κ3) is 1.72. The lowest BCUT2D eigenvalue weighted by atomic mass is 9.98. The monoisotopic (exact) mass is 218 g/mol. The minimum absolute atomic E-state index is 0.161. The standard InChI is InChI=1S/C11H10N2O3/c1-6(14)12-9-10(15)7-4-2-3-5-8(7)13-11(9)16/h2-5,10,15H,1H3,(H,13,16). The topological polar surface area (TPSA) is 78.8 Å². The van der Waals surface area contributed by atoms with Crippen LogP contribution in [0.1, 0.15) is 18.6 Å². The van der Waals surface area contributed by atoms with Crippen LogP contribution < -0.4 is 5.32 Å². The van der Waals surface area contributed by atoms with Crippen molar-refractivity contribution < 1.29 is 14.7 Å². The van der Waals surface area contributed by atoms with Crippen molar-refractivity contribution in [3.05, 3.63) is 29.8 Å². The van der Waals surface area contributed by atoms with E-state index in [4.69, 9.17) is 0 Å². The quantitative estimate of drug-likeness (QED) is 0.671. The van der Waals surface area contributed by atoms with Crippen LogP contribution in [0, 0.1) is 0 Å². The van der Waals surface area contributed by atoms with Crippen molar-refractivity contribution in [2.45, 2.75) is 13.0 Å². The number of amides is 2. The zero-order valence-electron chi connectivity index (χ0n) is 8.60. The molecule has 0 spiro atoms. The average molecular weight is 218 g/mol. The number of hydrogen-bond acceptors (Lipinski definition) is 3. The minimum Gasteiger partial charge on any atom is -0.382 e. The fraction of sp³-hybridized carbons (Fsp3) is 0.182. The Morgan fingerprint density at radius 1 is 1.44 bits per heavy atom. The summed E-state index contributed by atoms with van der Waals surface area (Å²) in [5.41, 5.74) is 0.927. The molecular weight excluding hydrogens is 208 g/mol. The van der Waals surface area contributed by atoms with Gasteiger partial charge in [-0.15, -0.1) is 0 Å². The van der Waals surface area contributed by atoms with Gasteiger partial charge in [-0.1, -0.05) is 18.2 Å². The lowest BCUT2D eigenvalue weighted by Gasteiger charge is -2.22. The molecule has 0 saturated carbocycles. The highest BCUT2D eigenvalue weighted by molar-refractivity contribution is 6.47. The first-order chi connectivity index (χ1) is 7.59. The molecule has 82 valence electrons. The molecule has 0 radical (unpaired) electrons. The highest BCUT2D eigenvalue weighted by Gasteiger charge is 2.30. The Morgan fingerprint density at radius 3 is 2.81 bits per heavy atom. The molecule has 1 unspecified atom stereocenters. The molecule has 0 aromatic heterocycles. The Kier molecular flexibility index (Phi) is 2.54. The maximum atomic E-state index is 11.5. The fourth-order valence-electron chi connectivity index (χ4n) is 1.59. The predicted octanol–water partition coefficient (Wildman–Crippen LogP) is 0.660. The summed E-state index contributed by atoms with van der Waals surface area (Å²) in [5.74, 6) is -1.05. The number of nitrogens with zero attached hydrogens (tertiary/aromatic N) is 1. The van der Waals surface area contributed by atoms with Crippen molar-refractivity contribution in [3.63, 3.8) is 0 Å². The number of anilines is 1. The number of aliphatic imine (C=N–C) groups is 1. The van der Waals surface area contributed by atoms with Crippen molar-refractivity contribution in [1.29, 1.82) is 0 Å². The molecule has 0 fully saturated rings. The second kappa shape index (κ2) is 3.86. The largest absolute Gasteiger partial charge is 0.382 e. The van der Waals surface area contributed by atoms with E-state index >= 15 is 0 Å². The van der Waals surface area contributed by atoms with E-state index in [-0.39, 0.29) is 5.71 Å². The number of aliphatic hydroxyl groups excluding tert-OH is 1. The van der Waals surface area contributed by atoms with Gasteiger partial charge in [0, 0.05) is 18.2 Å². The first-order valence-electron chi connectivity index (χ1n) is 4.77. The highest BCUT2D eigenvalue weighted by Crippen LogP contribution is 2.28. The van der Waals surface area contributed by atoms with Crippen LogP contribution >= 0.6 is 0 Å². The van der Waals surface area contributed by atoms with Crippen molar-refractivity contribution in [2.24, 2.45) is 4.99 Å². The molecule has 16 heavy (non-hydrogen) atoms. The molecular formula is C11H10N2O3. The molecule has 5 nitrogen and oxygen atoms in total. The summed E-state index contributed by atoms with van der Waals surface area (Å²) in [6.07, 6.45) is -1.14. The smallest absolute Gasteiger partial charge is 0.273 e. The number of carbonyl (C=O) groups is 2. The molecule has 1 heterocycles. The van der Waals surface area contributed by atoms with E-state index in [1.165, 1.54) is 6.92 Å². The van der Waals surface area contributed by atoms with Crippen LogP contribution in [-0.4, -0.2) is 22.6 Å². The van der Waals surface area contributed by atoms with Crippen LogP contribution in [0.5, 0.6) is 0 Å². The van der Waals surface area contributed by atoms with Gasteiger partial charge in [0.2, 0.25) is 5.91 Å². The van der Waals surface area contributed by atoms with E-state index in [1.54, 1.807) is 24.3 Å². The van der Waals surface area contributed by atoms with Gasteiger partial charge < -0.3 is 10.4 Å². The Labute approximate surface area is 91.8 Å². The lowest BCUT2D eigenvalue weighted by molar-refractivity contribution is -0.116. The van der Waals surface area contributed by atoms with E-state index in [2.05, 4.69) is 10.3 Å². The van der Waals surface area contributed by atoms with Gasteiger partial charge in [-0.25, -0.2) is 4.99 Å². The molecule has 1 aliphatic heterocycles. The van der Waals surface area contributed by atoms with E-state index in [9.17, 15) is 14.7 Å². The molecule has 1 aromatic carbocycles. The van der Waals surface area contributed by atoms with Gasteiger partial charge in [0.15, 0.2) is 0 Å². The van der Waals surface area contributed by atoms with Crippen LogP contribution in [0.15, 0.2) is 29.3 Å². The van der Waals surface area contributed by atoms with E-state index in [0.717, 1.165) is 0 Å². The van der Waals surface area contributed by atoms with E-state index in [0.29, 0.717) is 11.3 Å². The highest BCUT2D eigenvalue weighted by atomic mass is 16.3. The zero-order chi connectivity index (χ0) is 11.7. The van der Waals surface area contributed by atoms with E-state index in [1.807, 2.05) is 0 Å². The number of para-hydroxylation sites is 1. The molecule has 0 bridgehead atoms. The van der Waals surface area contributed by atoms with Gasteiger partial charge in [-0.05, 0) is 6.07 Å². The van der Waals surface area contributed by atoms with Crippen LogP contribution in [0.2, 0.25) is 0 Å². The van der Waals surface area contributed by atoms with Gasteiger partial charge in [0.05, 0.1) is 0 Å². The van der Waals surface area contributed by atoms with Gasteiger partial charge in [0.1, 0.15) is 11.8 Å². The number of fused-ring (bicyclic) bond motifs is 1. The van der Waals surface area contributed by atoms with Crippen LogP contribution in [0.25, 0.3) is 0 Å². The Hall–Kier alpha value is -2.01. The molecule has 2 N–H and O–H groups in total. The molecule has 0 saturated heterocycles. The number of benzene rings is 1. The maximum absolute atomic E-state index is 11.5. The summed E-state index contributed by atoms with van der Waals surface area (Å²) in [5, 5.41) is 12.5. The lowest BCUT2D eigenvalue weighted by Crippen LogP contribution is -2.34. The van der Waals surface area contributed by atoms with Crippen LogP contribution in [-0.2, 0) is 9.59 Å². The first kappa shape index (κ1) is 10.5. The summed E-state index contributed by atoms with van der Waals surface area (Å²) in [4.78, 5) is 25.9. The molecule has 5 heteroatoms. The van der Waals surface area contributed by atoms with Gasteiger partial charge in [-0.2, -0.15) is 0 Å². The van der Waals surface area contributed by atoms with Crippen molar-refractivity contribution in [3.8, 4) is 0 Å². The van der Waals surface area contributed by atoms with Gasteiger partial charge in [-0.3, -0.25) is 9.59 Å². The minimum atomic E-state index is -1.14. The summed E-state index contributed by atoms with van der Waals surface area (Å²) >= 11 is 0. The zero-order valence-corrected chi connectivity index (χ0v) is 8.60. The number of nitrogens with one attached hydrogen (secondary N) is 1. The molecule has 0 aliphatic carbocycles. The molecule has 1 aromatic rings. The summed E-state index contributed by atoms with van der Waals surface area (Å²) < 4.78 is 0. The Bertz CT molecular complexity index is 494. The van der Waals surface area contributed by atoms with E-state index < -0.39 is 17.9 Å². The molecule has 1 atom stereocenters. The second-order valence-corrected chi connectivity index (χ2v) is 3.46. The average Bonchev–Trinajstić information content (AvgIpc) is 2.24. The fourth-order valence-corrected chi connectivity index (χ4v) is 1.59. The first-order valence-corrected chi connectivity index (χ1v) is 4.77. The number of aliphatic hydroxyl groups is 1. The second-order valence-electron chi connectivity index (χ2n) is 3.46. The third-order valence-corrected chi connectivity index (χ3v) is 2.27. The number of carbonyl (C=O) groups excluding carboxylic acids is 2. The summed E-state index contributed by atoms with van der Waals surface area (Å²) in [7, 11) is 0. The predicted molar refractivity (Wildman–Crippen MR) is 58.1 cm³/mol. The van der Waals surface area contributed by atoms with Crippen molar-refractivity contribution in [2.75, 3.05) is 5.32 Å². The van der Waals surface area contributed by atoms with Crippen LogP contribution in [0.3, 0.4) is 0 Å².